The Kier molecular flexibility index (Phi) is 15.1. The molecule has 0 unspecified atom stereocenters. The fourth-order valence-electron chi connectivity index (χ4n) is 5.57. The van der Waals surface area contributed by atoms with E-state index in [9.17, 15) is 50.3 Å². The van der Waals surface area contributed by atoms with Gasteiger partial charge in [-0.3, -0.25) is 14.4 Å². The third-order valence-electron chi connectivity index (χ3n) is 8.09. The highest BCUT2D eigenvalue weighted by atomic mass is 32.2. The lowest BCUT2D eigenvalue weighted by atomic mass is 9.81. The molecule has 0 radical (unpaired) electrons. The number of likely N-dealkylation sites (N-methyl/N-ethyl adjacent to an activating group) is 1. The van der Waals surface area contributed by atoms with Crippen LogP contribution in [0.1, 0.15) is 57.6 Å². The van der Waals surface area contributed by atoms with Crippen molar-refractivity contribution in [3.8, 4) is 0 Å². The minimum absolute atomic E-state index is 0.252. The SMILES string of the molecule is COC(=O)[C@H](CSCC(=O)[C@@H](CCC(F)(F)F)[C@@H](CCC(F)(F)F)C(=O)N[C@H]1N=C(c2ccccc2)c2ccccc2N(C)C1=O)NC(=O)OC(C)(C)C. The van der Waals surface area contributed by atoms with Crippen LogP contribution in [0.5, 0.6) is 0 Å². The smallest absolute Gasteiger partial charge is 0.408 e. The van der Waals surface area contributed by atoms with E-state index in [1.807, 2.05) is 0 Å². The van der Waals surface area contributed by atoms with Crippen molar-refractivity contribution in [1.29, 1.82) is 0 Å². The number of benzodiazepines with no additional fused rings is 1. The summed E-state index contributed by atoms with van der Waals surface area (Å²) in [6.45, 7) is 4.70. The van der Waals surface area contributed by atoms with Crippen molar-refractivity contribution in [2.75, 3.05) is 30.6 Å². The second-order valence-electron chi connectivity index (χ2n) is 13.4. The van der Waals surface area contributed by atoms with Gasteiger partial charge in [0.05, 0.1) is 24.3 Å². The van der Waals surface area contributed by atoms with Gasteiger partial charge < -0.3 is 25.0 Å². The zero-order valence-corrected chi connectivity index (χ0v) is 31.0. The number of nitrogens with one attached hydrogen (secondary N) is 2. The summed E-state index contributed by atoms with van der Waals surface area (Å²) in [5.41, 5.74) is 0.731. The van der Waals surface area contributed by atoms with Gasteiger partial charge in [0.15, 0.2) is 0 Å². The number of halogens is 6. The number of ether oxygens (including phenoxy) is 2. The van der Waals surface area contributed by atoms with E-state index in [-0.39, 0.29) is 11.5 Å². The molecule has 0 saturated carbocycles. The Morgan fingerprint density at radius 2 is 1.46 bits per heavy atom. The molecule has 54 heavy (non-hydrogen) atoms. The average molecular weight is 789 g/mol. The summed E-state index contributed by atoms with van der Waals surface area (Å²) in [5, 5.41) is 4.61. The molecule has 0 saturated heterocycles. The number of carbonyl (C=O) groups is 5. The maximum atomic E-state index is 13.9. The maximum Gasteiger partial charge on any atom is 0.408 e. The summed E-state index contributed by atoms with van der Waals surface area (Å²) in [4.78, 5) is 71.6. The van der Waals surface area contributed by atoms with Gasteiger partial charge >= 0.3 is 24.4 Å². The van der Waals surface area contributed by atoms with Gasteiger partial charge in [0, 0.05) is 48.6 Å². The molecular weight excluding hydrogens is 746 g/mol. The van der Waals surface area contributed by atoms with E-state index < -0.39 is 103 Å². The zero-order chi connectivity index (χ0) is 40.4. The van der Waals surface area contributed by atoms with Crippen LogP contribution in [-0.2, 0) is 28.7 Å². The van der Waals surface area contributed by atoms with Crippen LogP contribution >= 0.6 is 11.8 Å². The fraction of sp³-hybridized carbons (Fsp3) is 0.500. The largest absolute Gasteiger partial charge is 0.467 e. The number of alkyl halides is 6. The molecular formula is C36H42F6N4O7S. The van der Waals surface area contributed by atoms with Crippen LogP contribution in [0.15, 0.2) is 59.6 Å². The number of hydrogen-bond acceptors (Lipinski definition) is 9. The first-order valence-corrected chi connectivity index (χ1v) is 17.9. The summed E-state index contributed by atoms with van der Waals surface area (Å²) in [7, 11) is 2.43. The standard InChI is InChI=1S/C36H42F6N4O7S/c1-34(2,3)53-33(51)43-25(32(50)52-5)19-54-20-27(47)22(15-17-35(37,38)39)23(16-18-36(40,41)42)30(48)45-29-31(49)46(4)26-14-10-9-13-24(26)28(44-29)21-11-7-6-8-12-21/h6-14,22-23,25,29H,15-20H2,1-5H3,(H,43,51)(H,45,48)/t22-,23+,25-,29+/m0/s1. The molecule has 1 aliphatic rings. The molecule has 0 bridgehead atoms. The van der Waals surface area contributed by atoms with Crippen LogP contribution < -0.4 is 15.5 Å². The number of methoxy groups -OCH3 is 1. The van der Waals surface area contributed by atoms with E-state index >= 15 is 0 Å². The predicted octanol–water partition coefficient (Wildman–Crippen LogP) is 6.23. The van der Waals surface area contributed by atoms with Crippen molar-refractivity contribution in [2.24, 2.45) is 16.8 Å². The zero-order valence-electron chi connectivity index (χ0n) is 30.2. The number of Topliss-reactive ketones (excluding diaryl/α,β-unsaturated/α-hetero) is 1. The van der Waals surface area contributed by atoms with Crippen LogP contribution in [-0.4, -0.2) is 91.2 Å². The van der Waals surface area contributed by atoms with Crippen molar-refractivity contribution in [3.63, 3.8) is 0 Å². The fourth-order valence-corrected chi connectivity index (χ4v) is 6.56. The monoisotopic (exact) mass is 788 g/mol. The number of carbonyl (C=O) groups excluding carboxylic acids is 5. The van der Waals surface area contributed by atoms with Gasteiger partial charge in [-0.2, -0.15) is 38.1 Å². The van der Waals surface area contributed by atoms with Crippen LogP contribution in [0.25, 0.3) is 0 Å². The van der Waals surface area contributed by atoms with Gasteiger partial charge in [0.25, 0.3) is 5.91 Å². The van der Waals surface area contributed by atoms with Crippen molar-refractivity contribution in [1.82, 2.24) is 10.6 Å². The minimum atomic E-state index is -4.86. The normalized spacial score (nSPS) is 16.6. The van der Waals surface area contributed by atoms with Crippen molar-refractivity contribution in [2.45, 2.75) is 76.6 Å². The van der Waals surface area contributed by atoms with E-state index in [4.69, 9.17) is 4.74 Å². The molecule has 1 aliphatic heterocycles. The van der Waals surface area contributed by atoms with Crippen LogP contribution in [0.4, 0.5) is 36.8 Å². The first kappa shape index (κ1) is 43.8. The molecule has 2 aromatic rings. The van der Waals surface area contributed by atoms with E-state index in [0.717, 1.165) is 7.11 Å². The topological polar surface area (TPSA) is 143 Å². The third-order valence-corrected chi connectivity index (χ3v) is 9.15. The van der Waals surface area contributed by atoms with Crippen LogP contribution in [0.3, 0.4) is 0 Å². The molecule has 11 nitrogen and oxygen atoms in total. The Balaban J connectivity index is 1.96. The van der Waals surface area contributed by atoms with Gasteiger partial charge in [0.2, 0.25) is 12.1 Å². The Labute approximate surface area is 312 Å². The van der Waals surface area contributed by atoms with E-state index in [1.165, 1.54) is 11.9 Å². The molecule has 296 valence electrons. The Morgan fingerprint density at radius 3 is 2.04 bits per heavy atom. The van der Waals surface area contributed by atoms with Gasteiger partial charge in [-0.05, 0) is 39.7 Å². The number of anilines is 1. The molecule has 4 atom stereocenters. The number of alkyl carbamates (subject to hydrolysis) is 1. The van der Waals surface area contributed by atoms with Gasteiger partial charge in [-0.1, -0.05) is 48.5 Å². The Morgan fingerprint density at radius 1 is 0.889 bits per heavy atom. The van der Waals surface area contributed by atoms with E-state index in [1.54, 1.807) is 75.4 Å². The van der Waals surface area contributed by atoms with Gasteiger partial charge in [-0.25, -0.2) is 14.6 Å². The molecule has 2 N–H and O–H groups in total. The number of aliphatic imine (C=N–C) groups is 1. The second kappa shape index (κ2) is 18.6. The lowest BCUT2D eigenvalue weighted by molar-refractivity contribution is -0.152. The minimum Gasteiger partial charge on any atom is -0.467 e. The van der Waals surface area contributed by atoms with Crippen molar-refractivity contribution >= 4 is 52.8 Å². The van der Waals surface area contributed by atoms with Crippen molar-refractivity contribution in [3.05, 3.63) is 65.7 Å². The number of ketones is 1. The third kappa shape index (κ3) is 13.4. The summed E-state index contributed by atoms with van der Waals surface area (Å²) in [5.74, 6) is -8.90. The average Bonchev–Trinajstić information content (AvgIpc) is 3.18. The number of amides is 3. The number of nitrogens with zero attached hydrogens (tertiary/aromatic N) is 2. The summed E-state index contributed by atoms with van der Waals surface area (Å²) < 4.78 is 91.1. The molecule has 18 heteroatoms. The molecule has 0 aliphatic carbocycles. The molecule has 0 aromatic heterocycles. The van der Waals surface area contributed by atoms with Crippen LogP contribution in [0.2, 0.25) is 0 Å². The number of para-hydroxylation sites is 1. The first-order valence-electron chi connectivity index (χ1n) is 16.7. The number of rotatable bonds is 15. The number of thioether (sulfide) groups is 1. The summed E-state index contributed by atoms with van der Waals surface area (Å²) in [6, 6.07) is 13.8. The van der Waals surface area contributed by atoms with Gasteiger partial charge in [0.1, 0.15) is 17.4 Å². The predicted molar refractivity (Wildman–Crippen MR) is 189 cm³/mol. The molecule has 1 heterocycles. The second-order valence-corrected chi connectivity index (χ2v) is 14.4. The van der Waals surface area contributed by atoms with Crippen molar-refractivity contribution < 1.29 is 59.8 Å². The molecule has 3 rings (SSSR count). The highest BCUT2D eigenvalue weighted by Gasteiger charge is 2.41. The molecule has 0 spiro atoms. The lowest BCUT2D eigenvalue weighted by Gasteiger charge is -2.28. The van der Waals surface area contributed by atoms with E-state index in [2.05, 4.69) is 20.4 Å². The Bertz CT molecular complexity index is 1680. The first-order chi connectivity index (χ1) is 25.1. The number of fused-ring (bicyclic) bond motifs is 1. The lowest BCUT2D eigenvalue weighted by Crippen LogP contribution is -2.49. The quantitative estimate of drug-likeness (QED) is 0.160. The Hall–Kier alpha value is -4.61. The highest BCUT2D eigenvalue weighted by molar-refractivity contribution is 8.00. The number of esters is 1. The summed E-state index contributed by atoms with van der Waals surface area (Å²) in [6.07, 6.45) is -17.8. The molecule has 3 amide bonds. The number of benzene rings is 2. The maximum absolute atomic E-state index is 13.9. The van der Waals surface area contributed by atoms with Gasteiger partial charge in [-0.15, -0.1) is 0 Å². The summed E-state index contributed by atoms with van der Waals surface area (Å²) >= 11 is 0.679. The van der Waals surface area contributed by atoms with Crippen LogP contribution in [0, 0.1) is 11.8 Å². The number of hydrogen-bond donors (Lipinski definition) is 2. The highest BCUT2D eigenvalue weighted by Crippen LogP contribution is 2.34. The molecule has 0 fully saturated rings. The molecule has 2 aromatic carbocycles. The van der Waals surface area contributed by atoms with E-state index in [0.29, 0.717) is 28.6 Å².